The van der Waals surface area contributed by atoms with E-state index in [4.69, 9.17) is 4.74 Å². The van der Waals surface area contributed by atoms with E-state index >= 15 is 0 Å². The molecule has 0 aromatic heterocycles. The lowest BCUT2D eigenvalue weighted by Gasteiger charge is -2.20. The number of nitrogens with one attached hydrogen (secondary N) is 1. The third-order valence-corrected chi connectivity index (χ3v) is 5.37. The molecule has 0 aliphatic heterocycles. The van der Waals surface area contributed by atoms with Crippen molar-refractivity contribution >= 4 is 21.4 Å². The molecule has 7 heteroatoms. The van der Waals surface area contributed by atoms with Gasteiger partial charge in [-0.1, -0.05) is 26.8 Å². The van der Waals surface area contributed by atoms with Crippen LogP contribution in [0.2, 0.25) is 0 Å². The highest BCUT2D eigenvalue weighted by Crippen LogP contribution is 2.31. The summed E-state index contributed by atoms with van der Waals surface area (Å²) in [5.74, 6) is -0.796. The van der Waals surface area contributed by atoms with E-state index in [1.54, 1.807) is 20.8 Å². The maximum atomic E-state index is 14.3. The number of carbonyl (C=O) groups is 1. The summed E-state index contributed by atoms with van der Waals surface area (Å²) in [7, 11) is -2.55. The number of ether oxygens (including phenoxy) is 1. The Labute approximate surface area is 146 Å². The average molecular weight is 365 g/mol. The van der Waals surface area contributed by atoms with Crippen LogP contribution in [0.5, 0.6) is 5.75 Å². The summed E-state index contributed by atoms with van der Waals surface area (Å²) < 4.78 is 45.0. The molecule has 0 aliphatic rings. The fraction of sp³-hybridized carbons (Fsp3) is 0.278. The van der Waals surface area contributed by atoms with E-state index in [0.717, 1.165) is 6.07 Å². The van der Waals surface area contributed by atoms with Crippen LogP contribution < -0.4 is 10.1 Å². The summed E-state index contributed by atoms with van der Waals surface area (Å²) in [5.41, 5.74) is -1.15. The van der Waals surface area contributed by atoms with Crippen molar-refractivity contribution in [3.8, 4) is 5.75 Å². The van der Waals surface area contributed by atoms with Crippen molar-refractivity contribution in [1.29, 1.82) is 0 Å². The maximum Gasteiger partial charge on any atom is 0.229 e. The van der Waals surface area contributed by atoms with Gasteiger partial charge in [0.1, 0.15) is 11.6 Å². The lowest BCUT2D eigenvalue weighted by Crippen LogP contribution is -2.28. The van der Waals surface area contributed by atoms with Gasteiger partial charge in [0.05, 0.1) is 22.6 Å². The van der Waals surface area contributed by atoms with Crippen LogP contribution in [0.15, 0.2) is 52.3 Å². The Kier molecular flexibility index (Phi) is 5.17. The van der Waals surface area contributed by atoms with Crippen LogP contribution in [0.4, 0.5) is 10.1 Å². The minimum absolute atomic E-state index is 0.0230. The van der Waals surface area contributed by atoms with E-state index in [9.17, 15) is 17.6 Å². The van der Waals surface area contributed by atoms with E-state index in [2.05, 4.69) is 5.32 Å². The lowest BCUT2D eigenvalue weighted by molar-refractivity contribution is -0.123. The smallest absolute Gasteiger partial charge is 0.229 e. The SMILES string of the molecule is COc1ccc(S(=O)(=O)c2cccc(F)c2NC(=O)C(C)(C)C)cc1. The van der Waals surface area contributed by atoms with E-state index in [-0.39, 0.29) is 15.5 Å². The van der Waals surface area contributed by atoms with Crippen molar-refractivity contribution in [3.05, 3.63) is 48.3 Å². The van der Waals surface area contributed by atoms with Gasteiger partial charge in [-0.05, 0) is 36.4 Å². The van der Waals surface area contributed by atoms with Crippen LogP contribution in [0, 0.1) is 11.2 Å². The molecule has 5 nitrogen and oxygen atoms in total. The number of para-hydroxylation sites is 1. The van der Waals surface area contributed by atoms with Gasteiger partial charge in [-0.15, -0.1) is 0 Å². The normalized spacial score (nSPS) is 11.9. The highest BCUT2D eigenvalue weighted by atomic mass is 32.2. The molecule has 1 amide bonds. The highest BCUT2D eigenvalue weighted by Gasteiger charge is 2.28. The highest BCUT2D eigenvalue weighted by molar-refractivity contribution is 7.91. The summed E-state index contributed by atoms with van der Waals surface area (Å²) >= 11 is 0. The van der Waals surface area contributed by atoms with Gasteiger partial charge in [0.15, 0.2) is 0 Å². The number of anilines is 1. The van der Waals surface area contributed by atoms with E-state index < -0.39 is 27.0 Å². The first-order valence-electron chi connectivity index (χ1n) is 7.56. The monoisotopic (exact) mass is 365 g/mol. The summed E-state index contributed by atoms with van der Waals surface area (Å²) in [4.78, 5) is 11.9. The molecule has 2 aromatic rings. The number of methoxy groups -OCH3 is 1. The molecule has 25 heavy (non-hydrogen) atoms. The Morgan fingerprint density at radius 2 is 1.68 bits per heavy atom. The van der Waals surface area contributed by atoms with Crippen molar-refractivity contribution in [1.82, 2.24) is 0 Å². The van der Waals surface area contributed by atoms with Gasteiger partial charge in [0, 0.05) is 5.41 Å². The first kappa shape index (κ1) is 18.9. The van der Waals surface area contributed by atoms with Gasteiger partial charge in [0.25, 0.3) is 0 Å². The van der Waals surface area contributed by atoms with Gasteiger partial charge in [0.2, 0.25) is 15.7 Å². The number of carbonyl (C=O) groups excluding carboxylic acids is 1. The summed E-state index contributed by atoms with van der Waals surface area (Å²) in [6, 6.07) is 9.40. The molecule has 0 atom stereocenters. The molecule has 0 heterocycles. The fourth-order valence-corrected chi connectivity index (χ4v) is 3.46. The molecule has 0 saturated carbocycles. The molecule has 0 spiro atoms. The molecular weight excluding hydrogens is 345 g/mol. The number of benzene rings is 2. The Morgan fingerprint density at radius 3 is 2.20 bits per heavy atom. The Hall–Kier alpha value is -2.41. The molecule has 2 rings (SSSR count). The molecule has 0 unspecified atom stereocenters. The molecular formula is C18H20FNO4S. The van der Waals surface area contributed by atoms with Crippen LogP contribution in [0.3, 0.4) is 0 Å². The van der Waals surface area contributed by atoms with Crippen LogP contribution in [-0.2, 0) is 14.6 Å². The molecule has 0 radical (unpaired) electrons. The zero-order chi connectivity index (χ0) is 18.8. The van der Waals surface area contributed by atoms with Crippen LogP contribution in [-0.4, -0.2) is 21.4 Å². The topological polar surface area (TPSA) is 72.5 Å². The third kappa shape index (κ3) is 3.99. The predicted molar refractivity (Wildman–Crippen MR) is 92.9 cm³/mol. The number of amides is 1. The number of sulfone groups is 1. The first-order chi connectivity index (χ1) is 11.6. The number of halogens is 1. The summed E-state index contributed by atoms with van der Waals surface area (Å²) in [6.07, 6.45) is 0. The lowest BCUT2D eigenvalue weighted by atomic mass is 9.95. The van der Waals surface area contributed by atoms with Crippen LogP contribution in [0.1, 0.15) is 20.8 Å². The quantitative estimate of drug-likeness (QED) is 0.898. The van der Waals surface area contributed by atoms with Gasteiger partial charge in [-0.3, -0.25) is 4.79 Å². The van der Waals surface area contributed by atoms with Gasteiger partial charge in [-0.25, -0.2) is 12.8 Å². The second kappa shape index (κ2) is 6.84. The van der Waals surface area contributed by atoms with E-state index in [1.807, 2.05) is 0 Å². The summed E-state index contributed by atoms with van der Waals surface area (Å²) in [6.45, 7) is 4.96. The Morgan fingerprint density at radius 1 is 1.08 bits per heavy atom. The molecule has 0 aliphatic carbocycles. The van der Waals surface area contributed by atoms with Crippen molar-refractivity contribution in [2.75, 3.05) is 12.4 Å². The van der Waals surface area contributed by atoms with Crippen molar-refractivity contribution in [2.24, 2.45) is 5.41 Å². The van der Waals surface area contributed by atoms with E-state index in [1.165, 1.54) is 43.5 Å². The second-order valence-corrected chi connectivity index (χ2v) is 8.41. The first-order valence-corrected chi connectivity index (χ1v) is 9.05. The third-order valence-electron chi connectivity index (χ3n) is 3.55. The van der Waals surface area contributed by atoms with Crippen molar-refractivity contribution < 1.29 is 22.3 Å². The van der Waals surface area contributed by atoms with E-state index in [0.29, 0.717) is 5.75 Å². The zero-order valence-electron chi connectivity index (χ0n) is 14.5. The number of hydrogen-bond acceptors (Lipinski definition) is 4. The average Bonchev–Trinajstić information content (AvgIpc) is 2.55. The van der Waals surface area contributed by atoms with Gasteiger partial charge in [-0.2, -0.15) is 0 Å². The Balaban J connectivity index is 2.54. The van der Waals surface area contributed by atoms with Crippen molar-refractivity contribution in [2.45, 2.75) is 30.6 Å². The predicted octanol–water partition coefficient (Wildman–Crippen LogP) is 3.65. The standard InChI is InChI=1S/C18H20FNO4S/c1-18(2,3)17(21)20-16-14(19)6-5-7-15(16)25(22,23)13-10-8-12(24-4)9-11-13/h5-11H,1-4H3,(H,20,21). The summed E-state index contributed by atoms with van der Waals surface area (Å²) in [5, 5.41) is 2.40. The van der Waals surface area contributed by atoms with Gasteiger partial charge < -0.3 is 10.1 Å². The molecule has 0 bridgehead atoms. The number of hydrogen-bond donors (Lipinski definition) is 1. The minimum Gasteiger partial charge on any atom is -0.497 e. The number of rotatable bonds is 4. The molecule has 0 fully saturated rings. The molecule has 0 saturated heterocycles. The molecule has 134 valence electrons. The maximum absolute atomic E-state index is 14.3. The second-order valence-electron chi connectivity index (χ2n) is 6.50. The van der Waals surface area contributed by atoms with Crippen LogP contribution >= 0.6 is 0 Å². The molecule has 1 N–H and O–H groups in total. The fourth-order valence-electron chi connectivity index (χ4n) is 2.03. The zero-order valence-corrected chi connectivity index (χ0v) is 15.3. The van der Waals surface area contributed by atoms with Crippen LogP contribution in [0.25, 0.3) is 0 Å². The largest absolute Gasteiger partial charge is 0.497 e. The Bertz CT molecular complexity index is 884. The van der Waals surface area contributed by atoms with Crippen molar-refractivity contribution in [3.63, 3.8) is 0 Å². The molecule has 2 aromatic carbocycles. The van der Waals surface area contributed by atoms with Gasteiger partial charge >= 0.3 is 0 Å². The minimum atomic E-state index is -4.02.